The Morgan fingerprint density at radius 2 is 1.46 bits per heavy atom. The Labute approximate surface area is 143 Å². The lowest BCUT2D eigenvalue weighted by molar-refractivity contribution is -0.178. The number of carbonyl (C=O) groups excluding carboxylic acids is 1. The summed E-state index contributed by atoms with van der Waals surface area (Å²) in [5.74, 6) is -1.92. The van der Waals surface area contributed by atoms with Crippen LogP contribution in [-0.4, -0.2) is 75.3 Å². The molecule has 0 aliphatic rings. The van der Waals surface area contributed by atoms with Crippen molar-refractivity contribution in [3.05, 3.63) is 12.2 Å². The lowest BCUT2D eigenvalue weighted by Gasteiger charge is -2.14. The average Bonchev–Trinajstić information content (AvgIpc) is 2.54. The molecule has 0 aromatic heterocycles. The van der Waals surface area contributed by atoms with Crippen LogP contribution in [0.5, 0.6) is 0 Å². The summed E-state index contributed by atoms with van der Waals surface area (Å²) in [5, 5.41) is 9.72. The van der Waals surface area contributed by atoms with E-state index in [2.05, 4.69) is 6.92 Å². The molecule has 8 nitrogen and oxygen atoms in total. The third kappa shape index (κ3) is 16.9. The number of aliphatic carboxylic acids is 1. The first-order chi connectivity index (χ1) is 11.6. The van der Waals surface area contributed by atoms with Gasteiger partial charge in [-0.1, -0.05) is 13.3 Å². The summed E-state index contributed by atoms with van der Waals surface area (Å²) in [6.45, 7) is 6.09. The van der Waals surface area contributed by atoms with Crippen LogP contribution in [-0.2, 0) is 28.6 Å². The number of carbonyl (C=O) groups is 2. The Hall–Kier alpha value is -1.48. The molecule has 0 aromatic carbocycles. The second kappa shape index (κ2) is 16.4. The summed E-state index contributed by atoms with van der Waals surface area (Å²) >= 11 is 0. The maximum atomic E-state index is 11.2. The monoisotopic (exact) mass is 347 g/mol. The van der Waals surface area contributed by atoms with Crippen molar-refractivity contribution in [3.8, 4) is 0 Å². The van der Waals surface area contributed by atoms with Crippen LogP contribution < -0.4 is 0 Å². The van der Waals surface area contributed by atoms with Gasteiger partial charge in [-0.25, -0.2) is 9.59 Å². The first-order valence-corrected chi connectivity index (χ1v) is 8.13. The molecule has 0 saturated heterocycles. The van der Waals surface area contributed by atoms with Gasteiger partial charge in [0.1, 0.15) is 0 Å². The molecule has 0 unspecified atom stereocenters. The van der Waals surface area contributed by atoms with Crippen molar-refractivity contribution in [1.29, 1.82) is 0 Å². The molecule has 0 rings (SSSR count). The van der Waals surface area contributed by atoms with E-state index in [1.807, 2.05) is 0 Å². The highest BCUT2D eigenvalue weighted by molar-refractivity contribution is 5.90. The van der Waals surface area contributed by atoms with Crippen molar-refractivity contribution in [1.82, 2.24) is 5.06 Å². The van der Waals surface area contributed by atoms with Crippen LogP contribution in [0.15, 0.2) is 12.2 Å². The minimum absolute atomic E-state index is 0.485. The van der Waals surface area contributed by atoms with Crippen molar-refractivity contribution < 1.29 is 33.7 Å². The quantitative estimate of drug-likeness (QED) is 0.253. The SMILES string of the molecule is CCCCOCCOCCOCCCN(C)OC(=O)/C=C\C(=O)O. The smallest absolute Gasteiger partial charge is 0.349 e. The summed E-state index contributed by atoms with van der Waals surface area (Å²) in [4.78, 5) is 26.3. The zero-order valence-corrected chi connectivity index (χ0v) is 14.6. The first-order valence-electron chi connectivity index (χ1n) is 8.13. The second-order valence-corrected chi connectivity index (χ2v) is 4.98. The average molecular weight is 347 g/mol. The van der Waals surface area contributed by atoms with Crippen molar-refractivity contribution in [2.24, 2.45) is 0 Å². The molecular weight excluding hydrogens is 318 g/mol. The van der Waals surface area contributed by atoms with E-state index in [-0.39, 0.29) is 0 Å². The van der Waals surface area contributed by atoms with E-state index in [4.69, 9.17) is 24.2 Å². The molecule has 0 bridgehead atoms. The fraction of sp³-hybridized carbons (Fsp3) is 0.750. The Balaban J connectivity index is 3.34. The Morgan fingerprint density at radius 3 is 2.00 bits per heavy atom. The number of unbranched alkanes of at least 4 members (excludes halogenated alkanes) is 1. The van der Waals surface area contributed by atoms with Gasteiger partial charge in [0.2, 0.25) is 0 Å². The van der Waals surface area contributed by atoms with E-state index in [9.17, 15) is 9.59 Å². The molecule has 0 heterocycles. The number of hydrogen-bond donors (Lipinski definition) is 1. The van der Waals surface area contributed by atoms with Gasteiger partial charge >= 0.3 is 11.9 Å². The number of hydroxylamine groups is 2. The molecule has 0 spiro atoms. The van der Waals surface area contributed by atoms with Crippen LogP contribution in [0.25, 0.3) is 0 Å². The lowest BCUT2D eigenvalue weighted by Crippen LogP contribution is -2.24. The molecule has 1 N–H and O–H groups in total. The molecule has 0 aliphatic carbocycles. The van der Waals surface area contributed by atoms with Gasteiger partial charge in [-0.2, -0.15) is 0 Å². The van der Waals surface area contributed by atoms with Crippen molar-refractivity contribution in [3.63, 3.8) is 0 Å². The Morgan fingerprint density at radius 1 is 0.917 bits per heavy atom. The molecule has 140 valence electrons. The van der Waals surface area contributed by atoms with E-state index in [0.717, 1.165) is 31.6 Å². The first kappa shape index (κ1) is 22.5. The Bertz CT molecular complexity index is 360. The highest BCUT2D eigenvalue weighted by Gasteiger charge is 2.04. The van der Waals surface area contributed by atoms with Crippen LogP contribution in [0.2, 0.25) is 0 Å². The molecule has 8 heteroatoms. The topological polar surface area (TPSA) is 94.5 Å². The molecule has 0 aromatic rings. The maximum Gasteiger partial charge on any atom is 0.349 e. The summed E-state index contributed by atoms with van der Waals surface area (Å²) in [6, 6.07) is 0. The lowest BCUT2D eigenvalue weighted by atomic mass is 10.4. The van der Waals surface area contributed by atoms with Crippen LogP contribution in [0.1, 0.15) is 26.2 Å². The minimum Gasteiger partial charge on any atom is -0.478 e. The zero-order chi connectivity index (χ0) is 18.0. The van der Waals surface area contributed by atoms with Crippen molar-refractivity contribution >= 4 is 11.9 Å². The van der Waals surface area contributed by atoms with Crippen LogP contribution in [0.4, 0.5) is 0 Å². The van der Waals surface area contributed by atoms with E-state index in [1.165, 1.54) is 5.06 Å². The highest BCUT2D eigenvalue weighted by atomic mass is 16.7. The van der Waals surface area contributed by atoms with Gasteiger partial charge in [-0.05, 0) is 12.8 Å². The molecule has 0 atom stereocenters. The number of carboxylic acid groups (broad SMARTS) is 1. The molecular formula is C16H29NO7. The molecule has 0 fully saturated rings. The zero-order valence-electron chi connectivity index (χ0n) is 14.6. The van der Waals surface area contributed by atoms with E-state index < -0.39 is 11.9 Å². The van der Waals surface area contributed by atoms with Gasteiger partial charge in [-0.3, -0.25) is 0 Å². The van der Waals surface area contributed by atoms with Crippen molar-refractivity contribution in [2.45, 2.75) is 26.2 Å². The third-order valence-corrected chi connectivity index (χ3v) is 2.76. The standard InChI is InChI=1S/C16H29NO7/c1-3-4-9-21-11-13-23-14-12-22-10-5-8-17(2)24-16(20)7-6-15(18)19/h6-7H,3-5,8-14H2,1-2H3,(H,18,19)/b7-6-. The summed E-state index contributed by atoms with van der Waals surface area (Å²) in [7, 11) is 1.59. The normalized spacial score (nSPS) is 11.3. The van der Waals surface area contributed by atoms with Gasteiger partial charge in [0.15, 0.2) is 0 Å². The maximum absolute atomic E-state index is 11.2. The largest absolute Gasteiger partial charge is 0.478 e. The number of rotatable bonds is 16. The minimum atomic E-state index is -1.20. The van der Waals surface area contributed by atoms with Crippen LogP contribution in [0.3, 0.4) is 0 Å². The van der Waals surface area contributed by atoms with Gasteiger partial charge in [-0.15, -0.1) is 5.06 Å². The molecule has 0 saturated carbocycles. The predicted octanol–water partition coefficient (Wildman–Crippen LogP) is 1.26. The molecule has 0 aliphatic heterocycles. The van der Waals surface area contributed by atoms with Gasteiger partial charge in [0, 0.05) is 39.0 Å². The van der Waals surface area contributed by atoms with Crippen LogP contribution >= 0.6 is 0 Å². The van der Waals surface area contributed by atoms with Crippen LogP contribution in [0, 0.1) is 0 Å². The summed E-state index contributed by atoms with van der Waals surface area (Å²) < 4.78 is 16.1. The second-order valence-electron chi connectivity index (χ2n) is 4.98. The van der Waals surface area contributed by atoms with Gasteiger partial charge in [0.25, 0.3) is 0 Å². The summed E-state index contributed by atoms with van der Waals surface area (Å²) in [5.41, 5.74) is 0. The molecule has 24 heavy (non-hydrogen) atoms. The molecule has 0 amide bonds. The number of hydrogen-bond acceptors (Lipinski definition) is 7. The van der Waals surface area contributed by atoms with E-state index in [0.29, 0.717) is 46.0 Å². The fourth-order valence-corrected chi connectivity index (χ4v) is 1.55. The van der Waals surface area contributed by atoms with E-state index >= 15 is 0 Å². The summed E-state index contributed by atoms with van der Waals surface area (Å²) in [6.07, 6.45) is 4.46. The number of ether oxygens (including phenoxy) is 3. The fourth-order valence-electron chi connectivity index (χ4n) is 1.55. The van der Waals surface area contributed by atoms with Gasteiger partial charge in [0.05, 0.1) is 26.4 Å². The Kier molecular flexibility index (Phi) is 15.4. The molecule has 0 radical (unpaired) electrons. The highest BCUT2D eigenvalue weighted by Crippen LogP contribution is 1.93. The van der Waals surface area contributed by atoms with Gasteiger partial charge < -0.3 is 24.2 Å². The number of nitrogens with zero attached hydrogens (tertiary/aromatic N) is 1. The van der Waals surface area contributed by atoms with E-state index in [1.54, 1.807) is 7.05 Å². The predicted molar refractivity (Wildman–Crippen MR) is 87.5 cm³/mol. The van der Waals surface area contributed by atoms with Crippen molar-refractivity contribution in [2.75, 3.05) is 53.2 Å². The number of carboxylic acids is 1. The third-order valence-electron chi connectivity index (χ3n) is 2.76.